The maximum atomic E-state index is 12.7. The first-order valence-corrected chi connectivity index (χ1v) is 9.23. The minimum Gasteiger partial charge on any atom is -0.372 e. The number of carbonyl (C=O) groups excluding carboxylic acids is 2. The molecule has 7 heteroatoms. The molecule has 6 nitrogen and oxygen atoms in total. The van der Waals surface area contributed by atoms with Gasteiger partial charge in [-0.05, 0) is 43.7 Å². The predicted octanol–water partition coefficient (Wildman–Crippen LogP) is 2.91. The van der Waals surface area contributed by atoms with E-state index in [-0.39, 0.29) is 29.7 Å². The molecule has 3 rings (SSSR count). The van der Waals surface area contributed by atoms with Gasteiger partial charge in [0.15, 0.2) is 0 Å². The monoisotopic (exact) mass is 387 g/mol. The summed E-state index contributed by atoms with van der Waals surface area (Å²) in [5.74, 6) is -0.301. The van der Waals surface area contributed by atoms with Crippen LogP contribution in [0.1, 0.15) is 40.3 Å². The molecular formula is C20H22ClN3O3. The standard InChI is InChI=1S/C20H22ClN3O3/c1-13-11-24(12-14(2)27-13)20(26)16-5-3-15(4-6-16)10-23-19(25)18-9-17(21)7-8-22-18/h3-9,13-14H,10-12H2,1-2H3,(H,23,25)/t13-,14-/m1/s1. The number of pyridine rings is 1. The number of ether oxygens (including phenoxy) is 1. The molecule has 2 amide bonds. The number of aromatic nitrogens is 1. The summed E-state index contributed by atoms with van der Waals surface area (Å²) in [6.07, 6.45) is 1.56. The third-order valence-electron chi connectivity index (χ3n) is 4.32. The third-order valence-corrected chi connectivity index (χ3v) is 4.55. The van der Waals surface area contributed by atoms with Crippen LogP contribution in [0.4, 0.5) is 0 Å². The zero-order valence-electron chi connectivity index (χ0n) is 15.3. The number of rotatable bonds is 4. The molecule has 1 aromatic carbocycles. The van der Waals surface area contributed by atoms with Gasteiger partial charge in [0.25, 0.3) is 11.8 Å². The third kappa shape index (κ3) is 5.05. The van der Waals surface area contributed by atoms with Crippen LogP contribution in [0, 0.1) is 0 Å². The molecule has 142 valence electrons. The summed E-state index contributed by atoms with van der Waals surface area (Å²) in [5.41, 5.74) is 1.79. The Kier molecular flexibility index (Phi) is 6.08. The summed E-state index contributed by atoms with van der Waals surface area (Å²) in [6, 6.07) is 10.4. The van der Waals surface area contributed by atoms with Crippen molar-refractivity contribution in [2.75, 3.05) is 13.1 Å². The van der Waals surface area contributed by atoms with Crippen molar-refractivity contribution in [3.05, 3.63) is 64.4 Å². The number of nitrogens with zero attached hydrogens (tertiary/aromatic N) is 2. The zero-order chi connectivity index (χ0) is 19.4. The van der Waals surface area contributed by atoms with Crippen LogP contribution < -0.4 is 5.32 Å². The lowest BCUT2D eigenvalue weighted by Gasteiger charge is -2.35. The van der Waals surface area contributed by atoms with Crippen molar-refractivity contribution >= 4 is 23.4 Å². The van der Waals surface area contributed by atoms with E-state index < -0.39 is 0 Å². The van der Waals surface area contributed by atoms with E-state index in [0.717, 1.165) is 5.56 Å². The van der Waals surface area contributed by atoms with Gasteiger partial charge in [-0.25, -0.2) is 0 Å². The Hall–Kier alpha value is -2.44. The van der Waals surface area contributed by atoms with E-state index in [1.165, 1.54) is 12.3 Å². The van der Waals surface area contributed by atoms with Gasteiger partial charge in [-0.1, -0.05) is 23.7 Å². The summed E-state index contributed by atoms with van der Waals surface area (Å²) in [6.45, 7) is 5.46. The highest BCUT2D eigenvalue weighted by Crippen LogP contribution is 2.15. The number of halogens is 1. The number of amides is 2. The summed E-state index contributed by atoms with van der Waals surface area (Å²) in [5, 5.41) is 3.26. The Morgan fingerprint density at radius 2 is 1.85 bits per heavy atom. The van der Waals surface area contributed by atoms with Gasteiger partial charge in [0.05, 0.1) is 12.2 Å². The zero-order valence-corrected chi connectivity index (χ0v) is 16.1. The van der Waals surface area contributed by atoms with Crippen LogP contribution in [0.15, 0.2) is 42.6 Å². The highest BCUT2D eigenvalue weighted by Gasteiger charge is 2.26. The van der Waals surface area contributed by atoms with Gasteiger partial charge >= 0.3 is 0 Å². The maximum absolute atomic E-state index is 12.7. The Labute approximate surface area is 163 Å². The van der Waals surface area contributed by atoms with Crippen LogP contribution in [0.3, 0.4) is 0 Å². The van der Waals surface area contributed by atoms with Gasteiger partial charge in [-0.2, -0.15) is 0 Å². The first-order chi connectivity index (χ1) is 12.9. The molecule has 0 saturated carbocycles. The molecule has 1 aliphatic rings. The molecule has 27 heavy (non-hydrogen) atoms. The average Bonchev–Trinajstić information content (AvgIpc) is 2.65. The van der Waals surface area contributed by atoms with Crippen LogP contribution in [0.5, 0.6) is 0 Å². The Morgan fingerprint density at radius 1 is 1.19 bits per heavy atom. The maximum Gasteiger partial charge on any atom is 0.270 e. The predicted molar refractivity (Wildman–Crippen MR) is 103 cm³/mol. The molecule has 1 N–H and O–H groups in total. The van der Waals surface area contributed by atoms with Crippen molar-refractivity contribution < 1.29 is 14.3 Å². The molecule has 2 heterocycles. The smallest absolute Gasteiger partial charge is 0.270 e. The number of benzene rings is 1. The van der Waals surface area contributed by atoms with E-state index in [2.05, 4.69) is 10.3 Å². The topological polar surface area (TPSA) is 71.5 Å². The van der Waals surface area contributed by atoms with E-state index in [1.807, 2.05) is 30.9 Å². The van der Waals surface area contributed by atoms with E-state index in [4.69, 9.17) is 16.3 Å². The number of nitrogens with one attached hydrogen (secondary N) is 1. The number of hydrogen-bond acceptors (Lipinski definition) is 4. The molecule has 0 radical (unpaired) electrons. The van der Waals surface area contributed by atoms with E-state index in [0.29, 0.717) is 30.2 Å². The van der Waals surface area contributed by atoms with Crippen LogP contribution >= 0.6 is 11.6 Å². The lowest BCUT2D eigenvalue weighted by molar-refractivity contribution is -0.0586. The lowest BCUT2D eigenvalue weighted by Crippen LogP contribution is -2.48. The first-order valence-electron chi connectivity index (χ1n) is 8.86. The number of hydrogen-bond donors (Lipinski definition) is 1. The van der Waals surface area contributed by atoms with Gasteiger partial charge in [0.1, 0.15) is 5.69 Å². The molecule has 1 saturated heterocycles. The molecular weight excluding hydrogens is 366 g/mol. The SMILES string of the molecule is C[C@@H]1CN(C(=O)c2ccc(CNC(=O)c3cc(Cl)ccn3)cc2)C[C@@H](C)O1. The van der Waals surface area contributed by atoms with Crippen LogP contribution in [0.2, 0.25) is 5.02 Å². The second-order valence-corrected chi connectivity index (χ2v) is 7.14. The molecule has 0 unspecified atom stereocenters. The van der Waals surface area contributed by atoms with Crippen molar-refractivity contribution in [2.24, 2.45) is 0 Å². The molecule has 1 fully saturated rings. The Balaban J connectivity index is 1.58. The van der Waals surface area contributed by atoms with Crippen molar-refractivity contribution in [1.82, 2.24) is 15.2 Å². The van der Waals surface area contributed by atoms with E-state index >= 15 is 0 Å². The quantitative estimate of drug-likeness (QED) is 0.875. The fourth-order valence-corrected chi connectivity index (χ4v) is 3.25. The van der Waals surface area contributed by atoms with Gasteiger partial charge in [-0.3, -0.25) is 14.6 Å². The molecule has 1 aliphatic heterocycles. The van der Waals surface area contributed by atoms with Crippen LogP contribution in [-0.4, -0.2) is 47.0 Å². The molecule has 2 atom stereocenters. The summed E-state index contributed by atoms with van der Waals surface area (Å²) < 4.78 is 5.67. The van der Waals surface area contributed by atoms with Crippen molar-refractivity contribution in [3.63, 3.8) is 0 Å². The fraction of sp³-hybridized carbons (Fsp3) is 0.350. The largest absolute Gasteiger partial charge is 0.372 e. The van der Waals surface area contributed by atoms with Crippen LogP contribution in [0.25, 0.3) is 0 Å². The molecule has 0 aliphatic carbocycles. The summed E-state index contributed by atoms with van der Waals surface area (Å²) in [4.78, 5) is 30.6. The summed E-state index contributed by atoms with van der Waals surface area (Å²) >= 11 is 5.87. The van der Waals surface area contributed by atoms with Gasteiger partial charge in [0.2, 0.25) is 0 Å². The number of morpholine rings is 1. The van der Waals surface area contributed by atoms with Gasteiger partial charge in [0, 0.05) is 36.4 Å². The Bertz CT molecular complexity index is 815. The highest BCUT2D eigenvalue weighted by molar-refractivity contribution is 6.30. The molecule has 0 bridgehead atoms. The lowest BCUT2D eigenvalue weighted by atomic mass is 10.1. The Morgan fingerprint density at radius 3 is 2.48 bits per heavy atom. The van der Waals surface area contributed by atoms with Gasteiger partial charge < -0.3 is 15.0 Å². The minimum absolute atomic E-state index is 0.00397. The molecule has 2 aromatic rings. The van der Waals surface area contributed by atoms with Crippen molar-refractivity contribution in [1.29, 1.82) is 0 Å². The van der Waals surface area contributed by atoms with Crippen molar-refractivity contribution in [3.8, 4) is 0 Å². The second-order valence-electron chi connectivity index (χ2n) is 6.71. The fourth-order valence-electron chi connectivity index (χ4n) is 3.09. The van der Waals surface area contributed by atoms with Crippen LogP contribution in [-0.2, 0) is 11.3 Å². The van der Waals surface area contributed by atoms with Crippen molar-refractivity contribution in [2.45, 2.75) is 32.6 Å². The van der Waals surface area contributed by atoms with Gasteiger partial charge in [-0.15, -0.1) is 0 Å². The molecule has 1 aromatic heterocycles. The number of carbonyl (C=O) groups is 2. The summed E-state index contributed by atoms with van der Waals surface area (Å²) in [7, 11) is 0. The minimum atomic E-state index is -0.297. The first kappa shape index (κ1) is 19.3. The van der Waals surface area contributed by atoms with E-state index in [1.54, 1.807) is 18.2 Å². The molecule has 0 spiro atoms. The normalized spacial score (nSPS) is 19.6. The second kappa shape index (κ2) is 8.50. The van der Waals surface area contributed by atoms with E-state index in [9.17, 15) is 9.59 Å². The average molecular weight is 388 g/mol. The highest BCUT2D eigenvalue weighted by atomic mass is 35.5.